The monoisotopic (exact) mass is 308 g/mol. The lowest BCUT2D eigenvalue weighted by Gasteiger charge is -2.24. The zero-order valence-electron chi connectivity index (χ0n) is 11.7. The Morgan fingerprint density at radius 3 is 2.86 bits per heavy atom. The maximum absolute atomic E-state index is 12.4. The van der Waals surface area contributed by atoms with Gasteiger partial charge in [-0.25, -0.2) is 4.79 Å². The summed E-state index contributed by atoms with van der Waals surface area (Å²) in [6.07, 6.45) is 5.59. The number of aliphatic carboxylic acids is 1. The quantitative estimate of drug-likeness (QED) is 0.794. The molecule has 2 heterocycles. The van der Waals surface area contributed by atoms with E-state index in [9.17, 15) is 14.7 Å². The highest BCUT2D eigenvalue weighted by Crippen LogP contribution is 2.33. The second kappa shape index (κ2) is 6.15. The van der Waals surface area contributed by atoms with Crippen LogP contribution in [0, 0.1) is 5.92 Å². The minimum Gasteiger partial charge on any atom is -0.479 e. The van der Waals surface area contributed by atoms with Crippen LogP contribution < -0.4 is 10.6 Å². The number of fused-ring (bicyclic) bond motifs is 1. The molecule has 6 heteroatoms. The number of rotatable bonds is 4. The molecule has 4 unspecified atom stereocenters. The Morgan fingerprint density at radius 1 is 1.38 bits per heavy atom. The van der Waals surface area contributed by atoms with Crippen molar-refractivity contribution < 1.29 is 14.7 Å². The molecule has 1 aliphatic heterocycles. The first-order valence-electron chi connectivity index (χ1n) is 7.48. The van der Waals surface area contributed by atoms with Crippen molar-refractivity contribution >= 4 is 23.2 Å². The molecule has 2 aliphatic rings. The molecule has 0 aromatic carbocycles. The van der Waals surface area contributed by atoms with E-state index in [1.807, 2.05) is 5.38 Å². The van der Waals surface area contributed by atoms with Gasteiger partial charge in [0.1, 0.15) is 0 Å². The van der Waals surface area contributed by atoms with Crippen LogP contribution >= 0.6 is 11.3 Å². The third-order valence-corrected chi connectivity index (χ3v) is 5.48. The van der Waals surface area contributed by atoms with Crippen molar-refractivity contribution in [2.24, 2.45) is 5.92 Å². The van der Waals surface area contributed by atoms with Gasteiger partial charge in [-0.3, -0.25) is 4.79 Å². The Morgan fingerprint density at radius 2 is 2.19 bits per heavy atom. The van der Waals surface area contributed by atoms with Gasteiger partial charge in [0.05, 0.1) is 6.04 Å². The summed E-state index contributed by atoms with van der Waals surface area (Å²) >= 11 is 1.35. The topological polar surface area (TPSA) is 78.4 Å². The molecule has 21 heavy (non-hydrogen) atoms. The van der Waals surface area contributed by atoms with Gasteiger partial charge >= 0.3 is 5.97 Å². The fraction of sp³-hybridized carbons (Fsp3) is 0.600. The summed E-state index contributed by atoms with van der Waals surface area (Å²) in [5.41, 5.74) is 0. The molecule has 1 saturated carbocycles. The molecule has 2 fully saturated rings. The predicted octanol–water partition coefficient (Wildman–Crippen LogP) is 1.91. The number of amides is 1. The molecular formula is C15H20N2O3S. The molecule has 4 atom stereocenters. The summed E-state index contributed by atoms with van der Waals surface area (Å²) in [5, 5.41) is 17.2. The van der Waals surface area contributed by atoms with Crippen molar-refractivity contribution in [3.05, 3.63) is 22.4 Å². The van der Waals surface area contributed by atoms with Crippen LogP contribution in [0.1, 0.15) is 43.0 Å². The van der Waals surface area contributed by atoms with Crippen molar-refractivity contribution in [2.45, 2.75) is 50.2 Å². The fourth-order valence-corrected chi connectivity index (χ4v) is 4.24. The molecule has 1 saturated heterocycles. The standard InChI is InChI=1S/C15H20N2O3S/c18-14(11-8-9-4-1-2-5-10(9)16-11)17-13(15(19)20)12-6-3-7-21-12/h3,6-7,9-11,13,16H,1-2,4-5,8H2,(H,17,18)(H,19,20). The van der Waals surface area contributed by atoms with Gasteiger partial charge in [-0.1, -0.05) is 18.9 Å². The van der Waals surface area contributed by atoms with Crippen molar-refractivity contribution in [1.82, 2.24) is 10.6 Å². The summed E-state index contributed by atoms with van der Waals surface area (Å²) in [7, 11) is 0. The summed E-state index contributed by atoms with van der Waals surface area (Å²) in [6.45, 7) is 0. The van der Waals surface area contributed by atoms with Gasteiger partial charge in [0.2, 0.25) is 5.91 Å². The number of carboxylic acid groups (broad SMARTS) is 1. The largest absolute Gasteiger partial charge is 0.479 e. The molecule has 1 aromatic rings. The lowest BCUT2D eigenvalue weighted by molar-refractivity contribution is -0.142. The maximum Gasteiger partial charge on any atom is 0.331 e. The Kier molecular flexibility index (Phi) is 4.26. The highest BCUT2D eigenvalue weighted by molar-refractivity contribution is 7.10. The van der Waals surface area contributed by atoms with Crippen LogP contribution in [-0.2, 0) is 9.59 Å². The molecule has 0 bridgehead atoms. The fourth-order valence-electron chi connectivity index (χ4n) is 3.47. The number of carbonyl (C=O) groups excluding carboxylic acids is 1. The second-order valence-electron chi connectivity index (χ2n) is 5.90. The van der Waals surface area contributed by atoms with Crippen molar-refractivity contribution in [3.8, 4) is 0 Å². The minimum absolute atomic E-state index is 0.190. The number of thiophene rings is 1. The van der Waals surface area contributed by atoms with Gasteiger partial charge in [0.25, 0.3) is 0 Å². The summed E-state index contributed by atoms with van der Waals surface area (Å²) in [6, 6.07) is 2.78. The van der Waals surface area contributed by atoms with E-state index in [2.05, 4.69) is 10.6 Å². The number of carbonyl (C=O) groups is 2. The van der Waals surface area contributed by atoms with E-state index in [1.165, 1.54) is 30.6 Å². The smallest absolute Gasteiger partial charge is 0.331 e. The van der Waals surface area contributed by atoms with Gasteiger partial charge in [-0.05, 0) is 36.6 Å². The van der Waals surface area contributed by atoms with Gasteiger partial charge in [0.15, 0.2) is 6.04 Å². The SMILES string of the molecule is O=C(NC(C(=O)O)c1cccs1)C1CC2CCCCC2N1. The van der Waals surface area contributed by atoms with E-state index in [-0.39, 0.29) is 11.9 Å². The van der Waals surface area contributed by atoms with Gasteiger partial charge in [0, 0.05) is 10.9 Å². The van der Waals surface area contributed by atoms with Gasteiger partial charge in [-0.15, -0.1) is 11.3 Å². The average Bonchev–Trinajstić information content (AvgIpc) is 3.12. The van der Waals surface area contributed by atoms with Gasteiger partial charge < -0.3 is 15.7 Å². The van der Waals surface area contributed by atoms with Crippen molar-refractivity contribution in [3.63, 3.8) is 0 Å². The van der Waals surface area contributed by atoms with Crippen LogP contribution in [0.3, 0.4) is 0 Å². The van der Waals surface area contributed by atoms with Crippen LogP contribution in [0.4, 0.5) is 0 Å². The van der Waals surface area contributed by atoms with E-state index in [1.54, 1.807) is 12.1 Å². The van der Waals surface area contributed by atoms with E-state index in [4.69, 9.17) is 0 Å². The Balaban J connectivity index is 1.64. The first-order valence-corrected chi connectivity index (χ1v) is 8.36. The number of nitrogens with one attached hydrogen (secondary N) is 2. The lowest BCUT2D eigenvalue weighted by Crippen LogP contribution is -2.45. The van der Waals surface area contributed by atoms with E-state index >= 15 is 0 Å². The molecule has 1 aromatic heterocycles. The van der Waals surface area contributed by atoms with E-state index < -0.39 is 12.0 Å². The second-order valence-corrected chi connectivity index (χ2v) is 6.88. The number of carboxylic acids is 1. The average molecular weight is 308 g/mol. The highest BCUT2D eigenvalue weighted by Gasteiger charge is 2.39. The zero-order valence-corrected chi connectivity index (χ0v) is 12.6. The van der Waals surface area contributed by atoms with Crippen molar-refractivity contribution in [2.75, 3.05) is 0 Å². The molecule has 0 radical (unpaired) electrons. The number of hydrogen-bond acceptors (Lipinski definition) is 4. The van der Waals surface area contributed by atoms with E-state index in [0.29, 0.717) is 16.8 Å². The Hall–Kier alpha value is -1.40. The van der Waals surface area contributed by atoms with Crippen LogP contribution in [-0.4, -0.2) is 29.1 Å². The zero-order chi connectivity index (χ0) is 14.8. The molecule has 1 aliphatic carbocycles. The van der Waals surface area contributed by atoms with E-state index in [0.717, 1.165) is 12.8 Å². The highest BCUT2D eigenvalue weighted by atomic mass is 32.1. The summed E-state index contributed by atoms with van der Waals surface area (Å²) < 4.78 is 0. The molecule has 5 nitrogen and oxygen atoms in total. The third kappa shape index (κ3) is 3.11. The van der Waals surface area contributed by atoms with Crippen LogP contribution in [0.2, 0.25) is 0 Å². The van der Waals surface area contributed by atoms with Crippen LogP contribution in [0.15, 0.2) is 17.5 Å². The third-order valence-electron chi connectivity index (χ3n) is 4.54. The number of hydrogen-bond donors (Lipinski definition) is 3. The Labute approximate surface area is 127 Å². The minimum atomic E-state index is -1.01. The van der Waals surface area contributed by atoms with Gasteiger partial charge in [-0.2, -0.15) is 0 Å². The van der Waals surface area contributed by atoms with Crippen LogP contribution in [0.5, 0.6) is 0 Å². The normalized spacial score (nSPS) is 29.6. The molecular weight excluding hydrogens is 288 g/mol. The Bertz CT molecular complexity index is 503. The van der Waals surface area contributed by atoms with Crippen molar-refractivity contribution in [1.29, 1.82) is 0 Å². The molecule has 114 valence electrons. The molecule has 0 spiro atoms. The maximum atomic E-state index is 12.4. The molecule has 3 N–H and O–H groups in total. The predicted molar refractivity (Wildman–Crippen MR) is 80.1 cm³/mol. The lowest BCUT2D eigenvalue weighted by atomic mass is 9.85. The molecule has 3 rings (SSSR count). The first-order chi connectivity index (χ1) is 10.1. The van der Waals surface area contributed by atoms with Crippen LogP contribution in [0.25, 0.3) is 0 Å². The molecule has 1 amide bonds. The summed E-state index contributed by atoms with van der Waals surface area (Å²) in [5.74, 6) is -0.633. The first kappa shape index (κ1) is 14.5. The summed E-state index contributed by atoms with van der Waals surface area (Å²) in [4.78, 5) is 24.4.